The third-order valence-electron chi connectivity index (χ3n) is 4.94. The van der Waals surface area contributed by atoms with Gasteiger partial charge in [-0.15, -0.1) is 12.4 Å². The lowest BCUT2D eigenvalue weighted by Gasteiger charge is -2.25. The fraction of sp³-hybridized carbons (Fsp3) is 0.632. The van der Waals surface area contributed by atoms with E-state index >= 15 is 0 Å². The first kappa shape index (κ1) is 24.7. The fourth-order valence-electron chi connectivity index (χ4n) is 3.41. The van der Waals surface area contributed by atoms with E-state index in [0.29, 0.717) is 23.3 Å². The van der Waals surface area contributed by atoms with Crippen LogP contribution in [-0.4, -0.2) is 81.4 Å². The van der Waals surface area contributed by atoms with Crippen LogP contribution < -0.4 is 4.74 Å². The maximum absolute atomic E-state index is 11.4. The number of carboxylic acid groups (broad SMARTS) is 1. The van der Waals surface area contributed by atoms with Crippen LogP contribution in [0.1, 0.15) is 25.7 Å². The smallest absolute Gasteiger partial charge is 0.317 e. The number of benzene rings is 1. The number of nitrogens with zero attached hydrogens (tertiary/aromatic N) is 2. The minimum Gasteiger partial charge on any atom is -0.494 e. The topological polar surface area (TPSA) is 87.2 Å². The number of likely N-dealkylation sites (tertiary alicyclic amines) is 1. The number of hydrogen-bond acceptors (Lipinski definition) is 6. The molecule has 2 rings (SSSR count). The number of hydrogen-bond donors (Lipinski definition) is 1. The van der Waals surface area contributed by atoms with Gasteiger partial charge < -0.3 is 14.7 Å². The Morgan fingerprint density at radius 1 is 1.25 bits per heavy atom. The van der Waals surface area contributed by atoms with Crippen LogP contribution in [0, 0.1) is 0 Å². The van der Waals surface area contributed by atoms with Crippen molar-refractivity contribution in [2.75, 3.05) is 46.1 Å². The Kier molecular flexibility index (Phi) is 10.2. The standard InChI is InChI=1S/C19H30N2O5S.ClH/c1-20(15-19(22)23)16-5-3-11-21(13-10-16)12-4-14-26-17-6-8-18(9-7-17)27(2,24)25;/h6-9,16H,3-5,10-15H2,1-2H3,(H,22,23);1H. The van der Waals surface area contributed by atoms with Crippen molar-refractivity contribution >= 4 is 28.2 Å². The van der Waals surface area contributed by atoms with E-state index < -0.39 is 15.8 Å². The van der Waals surface area contributed by atoms with Crippen molar-refractivity contribution in [1.82, 2.24) is 9.80 Å². The molecule has 9 heteroatoms. The average Bonchev–Trinajstić information content (AvgIpc) is 2.83. The van der Waals surface area contributed by atoms with E-state index in [4.69, 9.17) is 9.84 Å². The van der Waals surface area contributed by atoms with Crippen molar-refractivity contribution < 1.29 is 23.1 Å². The van der Waals surface area contributed by atoms with Gasteiger partial charge in [0.2, 0.25) is 0 Å². The van der Waals surface area contributed by atoms with E-state index in [-0.39, 0.29) is 19.0 Å². The molecule has 0 radical (unpaired) electrons. The summed E-state index contributed by atoms with van der Waals surface area (Å²) in [5.41, 5.74) is 0. The van der Waals surface area contributed by atoms with Crippen LogP contribution in [-0.2, 0) is 14.6 Å². The second-order valence-corrected chi connectivity index (χ2v) is 9.20. The Hall–Kier alpha value is -1.35. The molecule has 1 unspecified atom stereocenters. The number of likely N-dealkylation sites (N-methyl/N-ethyl adjacent to an activating group) is 1. The number of rotatable bonds is 9. The monoisotopic (exact) mass is 434 g/mol. The Balaban J connectivity index is 0.00000392. The van der Waals surface area contributed by atoms with Crippen molar-refractivity contribution in [3.05, 3.63) is 24.3 Å². The number of carbonyl (C=O) groups is 1. The molecule has 1 atom stereocenters. The molecule has 1 aliphatic rings. The van der Waals surface area contributed by atoms with Gasteiger partial charge in [-0.2, -0.15) is 0 Å². The average molecular weight is 435 g/mol. The van der Waals surface area contributed by atoms with Gasteiger partial charge in [0, 0.05) is 18.8 Å². The summed E-state index contributed by atoms with van der Waals surface area (Å²) in [6.45, 7) is 3.61. The number of sulfone groups is 1. The Morgan fingerprint density at radius 2 is 1.93 bits per heavy atom. The molecule has 0 bridgehead atoms. The summed E-state index contributed by atoms with van der Waals surface area (Å²) >= 11 is 0. The summed E-state index contributed by atoms with van der Waals surface area (Å²) in [5, 5.41) is 8.93. The van der Waals surface area contributed by atoms with E-state index in [1.165, 1.54) is 6.26 Å². The van der Waals surface area contributed by atoms with Crippen molar-refractivity contribution in [3.63, 3.8) is 0 Å². The lowest BCUT2D eigenvalue weighted by Crippen LogP contribution is -2.36. The minimum atomic E-state index is -3.18. The van der Waals surface area contributed by atoms with Gasteiger partial charge in [-0.05, 0) is 70.1 Å². The molecule has 1 aliphatic heterocycles. The van der Waals surface area contributed by atoms with Gasteiger partial charge in [0.1, 0.15) is 5.75 Å². The molecule has 160 valence electrons. The molecule has 7 nitrogen and oxygen atoms in total. The zero-order valence-electron chi connectivity index (χ0n) is 16.5. The minimum absolute atomic E-state index is 0. The van der Waals surface area contributed by atoms with Gasteiger partial charge >= 0.3 is 5.97 Å². The van der Waals surface area contributed by atoms with E-state index in [9.17, 15) is 13.2 Å². The zero-order valence-corrected chi connectivity index (χ0v) is 18.2. The first-order valence-electron chi connectivity index (χ1n) is 9.33. The quantitative estimate of drug-likeness (QED) is 0.596. The van der Waals surface area contributed by atoms with Crippen LogP contribution in [0.15, 0.2) is 29.2 Å². The molecular weight excluding hydrogens is 404 g/mol. The molecule has 0 amide bonds. The first-order chi connectivity index (χ1) is 12.8. The highest BCUT2D eigenvalue weighted by Crippen LogP contribution is 2.17. The van der Waals surface area contributed by atoms with Crippen LogP contribution in [0.2, 0.25) is 0 Å². The molecule has 28 heavy (non-hydrogen) atoms. The molecule has 1 saturated heterocycles. The van der Waals surface area contributed by atoms with E-state index in [1.807, 2.05) is 11.9 Å². The van der Waals surface area contributed by atoms with Crippen LogP contribution in [0.25, 0.3) is 0 Å². The summed E-state index contributed by atoms with van der Waals surface area (Å²) in [6.07, 6.45) is 5.17. The third-order valence-corrected chi connectivity index (χ3v) is 6.07. The van der Waals surface area contributed by atoms with Crippen LogP contribution >= 0.6 is 12.4 Å². The van der Waals surface area contributed by atoms with Gasteiger partial charge in [0.25, 0.3) is 0 Å². The number of halogens is 1. The van der Waals surface area contributed by atoms with Crippen LogP contribution in [0.3, 0.4) is 0 Å². The lowest BCUT2D eigenvalue weighted by atomic mass is 10.1. The van der Waals surface area contributed by atoms with Gasteiger partial charge in [0.05, 0.1) is 18.0 Å². The zero-order chi connectivity index (χ0) is 19.9. The summed E-state index contributed by atoms with van der Waals surface area (Å²) in [5.74, 6) is -0.103. The second kappa shape index (κ2) is 11.6. The summed E-state index contributed by atoms with van der Waals surface area (Å²) in [7, 11) is -1.29. The normalized spacial score (nSPS) is 18.3. The van der Waals surface area contributed by atoms with Gasteiger partial charge in [-0.1, -0.05) is 0 Å². The van der Waals surface area contributed by atoms with Gasteiger partial charge in [-0.25, -0.2) is 8.42 Å². The largest absolute Gasteiger partial charge is 0.494 e. The SMILES string of the molecule is CN(CC(=O)O)C1CCCN(CCCOc2ccc(S(C)(=O)=O)cc2)CC1.Cl. The molecule has 1 N–H and O–H groups in total. The van der Waals surface area contributed by atoms with E-state index in [1.54, 1.807) is 24.3 Å². The number of carboxylic acids is 1. The highest BCUT2D eigenvalue weighted by molar-refractivity contribution is 7.90. The van der Waals surface area contributed by atoms with Gasteiger partial charge in [-0.3, -0.25) is 9.69 Å². The third kappa shape index (κ3) is 8.34. The first-order valence-corrected chi connectivity index (χ1v) is 11.2. The molecule has 0 spiro atoms. The highest BCUT2D eigenvalue weighted by atomic mass is 35.5. The molecule has 1 aromatic rings. The van der Waals surface area contributed by atoms with Crippen molar-refractivity contribution in [2.24, 2.45) is 0 Å². The molecule has 0 aliphatic carbocycles. The molecule has 0 aromatic heterocycles. The Labute approximate surface area is 174 Å². The van der Waals surface area contributed by atoms with Crippen molar-refractivity contribution in [2.45, 2.75) is 36.6 Å². The van der Waals surface area contributed by atoms with Crippen LogP contribution in [0.5, 0.6) is 5.75 Å². The predicted octanol–water partition coefficient (Wildman–Crippen LogP) is 2.15. The Morgan fingerprint density at radius 3 is 2.54 bits per heavy atom. The van der Waals surface area contributed by atoms with Crippen molar-refractivity contribution in [3.8, 4) is 5.75 Å². The lowest BCUT2D eigenvalue weighted by molar-refractivity contribution is -0.138. The summed E-state index contributed by atoms with van der Waals surface area (Å²) < 4.78 is 28.6. The predicted molar refractivity (Wildman–Crippen MR) is 111 cm³/mol. The number of ether oxygens (including phenoxy) is 1. The number of aliphatic carboxylic acids is 1. The summed E-state index contributed by atoms with van der Waals surface area (Å²) in [6, 6.07) is 6.83. The fourth-order valence-corrected chi connectivity index (χ4v) is 4.04. The van der Waals surface area contributed by atoms with E-state index in [2.05, 4.69) is 4.90 Å². The maximum atomic E-state index is 11.4. The van der Waals surface area contributed by atoms with Crippen LogP contribution in [0.4, 0.5) is 0 Å². The van der Waals surface area contributed by atoms with Crippen molar-refractivity contribution in [1.29, 1.82) is 0 Å². The highest BCUT2D eigenvalue weighted by Gasteiger charge is 2.21. The molecule has 1 fully saturated rings. The molecule has 1 aromatic carbocycles. The Bertz CT molecular complexity index is 712. The van der Waals surface area contributed by atoms with E-state index in [0.717, 1.165) is 45.3 Å². The van der Waals surface area contributed by atoms with Gasteiger partial charge in [0.15, 0.2) is 9.84 Å². The summed E-state index contributed by atoms with van der Waals surface area (Å²) in [4.78, 5) is 15.5. The second-order valence-electron chi connectivity index (χ2n) is 7.18. The molecular formula is C19H31ClN2O5S. The molecule has 1 heterocycles. The maximum Gasteiger partial charge on any atom is 0.317 e. The molecule has 0 saturated carbocycles.